The molecule has 0 bridgehead atoms. The Morgan fingerprint density at radius 2 is 1.95 bits per heavy atom. The maximum atomic E-state index is 12.2. The van der Waals surface area contributed by atoms with Gasteiger partial charge < -0.3 is 10.6 Å². The smallest absolute Gasteiger partial charge is 0.248 e. The van der Waals surface area contributed by atoms with E-state index in [2.05, 4.69) is 35.5 Å². The van der Waals surface area contributed by atoms with Crippen LogP contribution in [0.4, 0.5) is 10.8 Å². The molecule has 5 heteroatoms. The fraction of sp³-hybridized carbons (Fsp3) is 0.375. The van der Waals surface area contributed by atoms with Crippen molar-refractivity contribution in [1.29, 1.82) is 0 Å². The lowest BCUT2D eigenvalue weighted by Gasteiger charge is -2.17. The monoisotopic (exact) mass is 303 g/mol. The van der Waals surface area contributed by atoms with Crippen molar-refractivity contribution in [3.63, 3.8) is 0 Å². The Balaban J connectivity index is 2.04. The van der Waals surface area contributed by atoms with Crippen LogP contribution in [0.25, 0.3) is 0 Å². The number of anilines is 2. The molecule has 0 fully saturated rings. The van der Waals surface area contributed by atoms with Crippen LogP contribution >= 0.6 is 11.3 Å². The first-order valence-corrected chi connectivity index (χ1v) is 7.77. The van der Waals surface area contributed by atoms with Gasteiger partial charge in [0.05, 0.1) is 5.69 Å². The van der Waals surface area contributed by atoms with E-state index in [4.69, 9.17) is 0 Å². The first-order valence-electron chi connectivity index (χ1n) is 6.96. The Morgan fingerprint density at radius 3 is 2.57 bits per heavy atom. The van der Waals surface area contributed by atoms with E-state index in [-0.39, 0.29) is 11.9 Å². The van der Waals surface area contributed by atoms with Gasteiger partial charge in [0.1, 0.15) is 6.04 Å². The maximum absolute atomic E-state index is 12.2. The predicted octanol–water partition coefficient (Wildman–Crippen LogP) is 3.82. The van der Waals surface area contributed by atoms with Crippen molar-refractivity contribution in [2.24, 2.45) is 0 Å². The molecular weight excluding hydrogens is 282 g/mol. The first kappa shape index (κ1) is 15.5. The largest absolute Gasteiger partial charge is 0.374 e. The van der Waals surface area contributed by atoms with Gasteiger partial charge in [-0.05, 0) is 51.8 Å². The van der Waals surface area contributed by atoms with E-state index in [1.165, 1.54) is 16.9 Å². The second-order valence-corrected chi connectivity index (χ2v) is 6.47. The Bertz CT molecular complexity index is 644. The molecule has 0 aliphatic carbocycles. The normalized spacial score (nSPS) is 12.0. The number of aromatic nitrogens is 1. The van der Waals surface area contributed by atoms with Gasteiger partial charge in [-0.3, -0.25) is 4.79 Å². The quantitative estimate of drug-likeness (QED) is 0.903. The molecule has 0 spiro atoms. The van der Waals surface area contributed by atoms with Crippen molar-refractivity contribution >= 4 is 28.1 Å². The molecule has 21 heavy (non-hydrogen) atoms. The van der Waals surface area contributed by atoms with Crippen LogP contribution in [-0.4, -0.2) is 16.9 Å². The minimum atomic E-state index is -0.324. The molecule has 1 aromatic carbocycles. The minimum Gasteiger partial charge on any atom is -0.374 e. The molecule has 2 N–H and O–H groups in total. The zero-order valence-electron chi connectivity index (χ0n) is 13.1. The molecule has 0 aliphatic rings. The fourth-order valence-electron chi connectivity index (χ4n) is 1.95. The molecule has 2 rings (SSSR count). The summed E-state index contributed by atoms with van der Waals surface area (Å²) in [6.45, 7) is 9.91. The second kappa shape index (κ2) is 6.26. The van der Waals surface area contributed by atoms with E-state index in [0.717, 1.165) is 21.8 Å². The van der Waals surface area contributed by atoms with Gasteiger partial charge in [-0.15, -0.1) is 11.3 Å². The number of nitrogens with zero attached hydrogens (tertiary/aromatic N) is 1. The molecule has 0 radical (unpaired) electrons. The number of carbonyl (C=O) groups excluding carboxylic acids is 1. The Labute approximate surface area is 129 Å². The Kier molecular flexibility index (Phi) is 4.63. The van der Waals surface area contributed by atoms with Crippen molar-refractivity contribution in [3.05, 3.63) is 39.9 Å². The van der Waals surface area contributed by atoms with Crippen LogP contribution in [-0.2, 0) is 4.79 Å². The summed E-state index contributed by atoms with van der Waals surface area (Å²) in [5.74, 6) is -0.0790. The average molecular weight is 303 g/mol. The van der Waals surface area contributed by atoms with E-state index in [1.54, 1.807) is 0 Å². The summed E-state index contributed by atoms with van der Waals surface area (Å²) in [6.07, 6.45) is 0. The van der Waals surface area contributed by atoms with E-state index < -0.39 is 0 Å². The van der Waals surface area contributed by atoms with E-state index in [0.29, 0.717) is 5.13 Å². The highest BCUT2D eigenvalue weighted by Gasteiger charge is 2.16. The van der Waals surface area contributed by atoms with Crippen molar-refractivity contribution < 1.29 is 4.79 Å². The highest BCUT2D eigenvalue weighted by molar-refractivity contribution is 7.15. The summed E-state index contributed by atoms with van der Waals surface area (Å²) in [5, 5.41) is 6.78. The Hall–Kier alpha value is -1.88. The van der Waals surface area contributed by atoms with E-state index in [1.807, 2.05) is 32.9 Å². The molecular formula is C16H21N3OS. The van der Waals surface area contributed by atoms with Crippen molar-refractivity contribution in [1.82, 2.24) is 4.98 Å². The molecule has 112 valence electrons. The average Bonchev–Trinajstić information content (AvgIpc) is 2.73. The number of rotatable bonds is 4. The highest BCUT2D eigenvalue weighted by Crippen LogP contribution is 2.22. The number of aryl methyl sites for hydroxylation is 3. The summed E-state index contributed by atoms with van der Waals surface area (Å²) in [4.78, 5) is 17.7. The lowest BCUT2D eigenvalue weighted by atomic mass is 10.1. The molecule has 1 atom stereocenters. The summed E-state index contributed by atoms with van der Waals surface area (Å²) >= 11 is 1.50. The van der Waals surface area contributed by atoms with Gasteiger partial charge in [0.15, 0.2) is 5.13 Å². The van der Waals surface area contributed by atoms with Crippen LogP contribution in [0.1, 0.15) is 28.6 Å². The van der Waals surface area contributed by atoms with E-state index >= 15 is 0 Å². The lowest BCUT2D eigenvalue weighted by Crippen LogP contribution is -2.32. The number of nitrogens with one attached hydrogen (secondary N) is 2. The fourth-order valence-corrected chi connectivity index (χ4v) is 2.76. The molecule has 1 aromatic heterocycles. The molecule has 0 aliphatic heterocycles. The van der Waals surface area contributed by atoms with E-state index in [9.17, 15) is 4.79 Å². The third-order valence-corrected chi connectivity index (χ3v) is 4.62. The lowest BCUT2D eigenvalue weighted by molar-refractivity contribution is -0.116. The summed E-state index contributed by atoms with van der Waals surface area (Å²) in [6, 6.07) is 5.72. The highest BCUT2D eigenvalue weighted by atomic mass is 32.1. The number of hydrogen-bond donors (Lipinski definition) is 2. The van der Waals surface area contributed by atoms with Gasteiger partial charge >= 0.3 is 0 Å². The predicted molar refractivity (Wildman–Crippen MR) is 89.2 cm³/mol. The molecule has 0 saturated heterocycles. The first-order chi connectivity index (χ1) is 9.88. The van der Waals surface area contributed by atoms with Gasteiger partial charge in [0.25, 0.3) is 0 Å². The van der Waals surface area contributed by atoms with Gasteiger partial charge in [-0.25, -0.2) is 4.98 Å². The van der Waals surface area contributed by atoms with Crippen molar-refractivity contribution in [2.45, 2.75) is 40.7 Å². The van der Waals surface area contributed by atoms with Crippen LogP contribution in [0.2, 0.25) is 0 Å². The topological polar surface area (TPSA) is 54.0 Å². The zero-order chi connectivity index (χ0) is 15.6. The van der Waals surface area contributed by atoms with Gasteiger partial charge in [-0.1, -0.05) is 12.1 Å². The molecule has 1 heterocycles. The molecule has 0 saturated carbocycles. The van der Waals surface area contributed by atoms with Crippen molar-refractivity contribution in [3.8, 4) is 0 Å². The number of benzene rings is 1. The van der Waals surface area contributed by atoms with Crippen LogP contribution < -0.4 is 10.6 Å². The SMILES string of the molecule is Cc1cccc(N[C@@H](C)C(=O)Nc2nc(C)c(C)s2)c1C. The van der Waals surface area contributed by atoms with Crippen LogP contribution in [0.3, 0.4) is 0 Å². The zero-order valence-corrected chi connectivity index (χ0v) is 13.9. The molecule has 2 aromatic rings. The third kappa shape index (κ3) is 3.61. The van der Waals surface area contributed by atoms with Crippen molar-refractivity contribution in [2.75, 3.05) is 10.6 Å². The second-order valence-electron chi connectivity index (χ2n) is 5.26. The van der Waals surface area contributed by atoms with Gasteiger partial charge in [-0.2, -0.15) is 0 Å². The number of thiazole rings is 1. The van der Waals surface area contributed by atoms with Crippen LogP contribution in [0, 0.1) is 27.7 Å². The standard InChI is InChI=1S/C16H21N3OS/c1-9-7-6-8-14(10(9)2)17-12(4)15(20)19-16-18-11(3)13(5)21-16/h6-8,12,17H,1-5H3,(H,18,19,20)/t12-/m0/s1. The van der Waals surface area contributed by atoms with Gasteiger partial charge in [0.2, 0.25) is 5.91 Å². The summed E-state index contributed by atoms with van der Waals surface area (Å²) in [5.41, 5.74) is 4.33. The minimum absolute atomic E-state index is 0.0790. The summed E-state index contributed by atoms with van der Waals surface area (Å²) < 4.78 is 0. The molecule has 0 unspecified atom stereocenters. The number of amides is 1. The Morgan fingerprint density at radius 1 is 1.24 bits per heavy atom. The van der Waals surface area contributed by atoms with Crippen LogP contribution in [0.5, 0.6) is 0 Å². The maximum Gasteiger partial charge on any atom is 0.248 e. The third-order valence-electron chi connectivity index (χ3n) is 3.63. The summed E-state index contributed by atoms with van der Waals surface area (Å²) in [7, 11) is 0. The van der Waals surface area contributed by atoms with Crippen LogP contribution in [0.15, 0.2) is 18.2 Å². The number of carbonyl (C=O) groups is 1. The molecule has 1 amide bonds. The molecule has 4 nitrogen and oxygen atoms in total. The van der Waals surface area contributed by atoms with Gasteiger partial charge in [0, 0.05) is 10.6 Å². The number of hydrogen-bond acceptors (Lipinski definition) is 4.